The molecule has 1 aromatic rings. The molecule has 0 saturated heterocycles. The molecular weight excluding hydrogens is 202 g/mol. The molecule has 0 aliphatic carbocycles. The number of halogens is 1. The van der Waals surface area contributed by atoms with Gasteiger partial charge in [0.25, 0.3) is 0 Å². The van der Waals surface area contributed by atoms with Crippen LogP contribution in [0.5, 0.6) is 0 Å². The molecule has 0 spiro atoms. The maximum atomic E-state index is 8.31. The molecule has 0 aromatic heterocycles. The molecule has 0 radical (unpaired) electrons. The molecule has 0 aliphatic heterocycles. The second kappa shape index (κ2) is 6.10. The van der Waals surface area contributed by atoms with Crippen molar-refractivity contribution in [2.24, 2.45) is 10.9 Å². The van der Waals surface area contributed by atoms with Crippen LogP contribution in [0.4, 0.5) is 5.69 Å². The maximum absolute atomic E-state index is 8.31. The number of amidine groups is 1. The molecule has 78 valence electrons. The van der Waals surface area contributed by atoms with Crippen molar-refractivity contribution in [2.45, 2.75) is 6.92 Å². The van der Waals surface area contributed by atoms with E-state index in [2.05, 4.69) is 10.5 Å². The van der Waals surface area contributed by atoms with Crippen molar-refractivity contribution < 1.29 is 5.21 Å². The van der Waals surface area contributed by atoms with E-state index in [1.807, 2.05) is 31.2 Å². The van der Waals surface area contributed by atoms with E-state index < -0.39 is 0 Å². The first-order chi connectivity index (χ1) is 6.24. The summed E-state index contributed by atoms with van der Waals surface area (Å²) in [6, 6.07) is 7.83. The number of hydrogen-bond donors (Lipinski definition) is 3. The Kier molecular flexibility index (Phi) is 5.48. The van der Waals surface area contributed by atoms with Crippen molar-refractivity contribution in [2.75, 3.05) is 11.9 Å². The Morgan fingerprint density at radius 1 is 1.50 bits per heavy atom. The first-order valence-corrected chi connectivity index (χ1v) is 4.00. The van der Waals surface area contributed by atoms with E-state index in [1.54, 1.807) is 0 Å². The summed E-state index contributed by atoms with van der Waals surface area (Å²) in [5.41, 5.74) is 7.44. The van der Waals surface area contributed by atoms with Crippen LogP contribution in [0.3, 0.4) is 0 Å². The molecule has 0 amide bonds. The maximum Gasteiger partial charge on any atom is 0.158 e. The van der Waals surface area contributed by atoms with E-state index >= 15 is 0 Å². The lowest BCUT2D eigenvalue weighted by molar-refractivity contribution is 0.317. The minimum absolute atomic E-state index is 0. The van der Waals surface area contributed by atoms with Crippen LogP contribution in [-0.2, 0) is 0 Å². The second-order valence-electron chi connectivity index (χ2n) is 2.76. The molecule has 14 heavy (non-hydrogen) atoms. The lowest BCUT2D eigenvalue weighted by atomic mass is 10.2. The van der Waals surface area contributed by atoms with Gasteiger partial charge in [0, 0.05) is 5.69 Å². The molecule has 0 atom stereocenters. The zero-order valence-electron chi connectivity index (χ0n) is 7.90. The van der Waals surface area contributed by atoms with Gasteiger partial charge in [-0.05, 0) is 18.6 Å². The molecule has 0 heterocycles. The molecule has 1 aromatic carbocycles. The molecule has 0 bridgehead atoms. The van der Waals surface area contributed by atoms with Gasteiger partial charge in [-0.2, -0.15) is 0 Å². The minimum Gasteiger partial charge on any atom is -0.409 e. The van der Waals surface area contributed by atoms with Crippen molar-refractivity contribution in [1.29, 1.82) is 0 Å². The van der Waals surface area contributed by atoms with Gasteiger partial charge in [-0.1, -0.05) is 23.4 Å². The highest BCUT2D eigenvalue weighted by Crippen LogP contribution is 2.11. The van der Waals surface area contributed by atoms with Gasteiger partial charge in [0.2, 0.25) is 0 Å². The van der Waals surface area contributed by atoms with Crippen LogP contribution >= 0.6 is 12.4 Å². The number of oxime groups is 1. The van der Waals surface area contributed by atoms with Gasteiger partial charge in [0.15, 0.2) is 5.84 Å². The van der Waals surface area contributed by atoms with Crippen LogP contribution in [0.25, 0.3) is 0 Å². The third kappa shape index (κ3) is 3.53. The highest BCUT2D eigenvalue weighted by molar-refractivity contribution is 5.85. The zero-order chi connectivity index (χ0) is 9.68. The summed E-state index contributed by atoms with van der Waals surface area (Å²) in [5, 5.41) is 14.2. The van der Waals surface area contributed by atoms with E-state index in [0.717, 1.165) is 11.3 Å². The van der Waals surface area contributed by atoms with Crippen LogP contribution in [-0.4, -0.2) is 17.6 Å². The van der Waals surface area contributed by atoms with Gasteiger partial charge in [-0.3, -0.25) is 0 Å². The smallest absolute Gasteiger partial charge is 0.158 e. The lowest BCUT2D eigenvalue weighted by Gasteiger charge is -2.07. The monoisotopic (exact) mass is 215 g/mol. The largest absolute Gasteiger partial charge is 0.409 e. The number of rotatable bonds is 3. The van der Waals surface area contributed by atoms with E-state index in [-0.39, 0.29) is 18.2 Å². The predicted molar refractivity (Wildman–Crippen MR) is 60.3 cm³/mol. The Hall–Kier alpha value is -1.42. The van der Waals surface area contributed by atoms with E-state index in [4.69, 9.17) is 10.9 Å². The van der Waals surface area contributed by atoms with Crippen LogP contribution in [0.1, 0.15) is 5.56 Å². The molecule has 1 rings (SSSR count). The summed E-state index contributed by atoms with van der Waals surface area (Å²) in [4.78, 5) is 0. The minimum atomic E-state index is 0. The number of aryl methyl sites for hydroxylation is 1. The van der Waals surface area contributed by atoms with Crippen molar-refractivity contribution in [1.82, 2.24) is 0 Å². The first-order valence-electron chi connectivity index (χ1n) is 4.00. The number of anilines is 1. The number of nitrogens with zero attached hydrogens (tertiary/aromatic N) is 1. The number of hydrogen-bond acceptors (Lipinski definition) is 3. The average Bonchev–Trinajstić information content (AvgIpc) is 2.16. The van der Waals surface area contributed by atoms with Gasteiger partial charge in [-0.15, -0.1) is 12.4 Å². The second-order valence-corrected chi connectivity index (χ2v) is 2.76. The fourth-order valence-corrected chi connectivity index (χ4v) is 0.992. The Balaban J connectivity index is 0.00000169. The number of nitrogens with two attached hydrogens (primary N) is 1. The third-order valence-electron chi connectivity index (χ3n) is 1.73. The summed E-state index contributed by atoms with van der Waals surface area (Å²) in [7, 11) is 0. The van der Waals surface area contributed by atoms with Crippen LogP contribution in [0, 0.1) is 6.92 Å². The van der Waals surface area contributed by atoms with Crippen molar-refractivity contribution in [3.8, 4) is 0 Å². The Morgan fingerprint density at radius 2 is 2.14 bits per heavy atom. The standard InChI is InChI=1S/C9H13N3O.ClH/c1-7-4-2-3-5-8(7)11-6-9(10)12-13;/h2-5,11,13H,6H2,1H3,(H2,10,12);1H. The highest BCUT2D eigenvalue weighted by atomic mass is 35.5. The van der Waals surface area contributed by atoms with Crippen LogP contribution in [0.15, 0.2) is 29.4 Å². The topological polar surface area (TPSA) is 70.6 Å². The summed E-state index contributed by atoms with van der Waals surface area (Å²) in [6.07, 6.45) is 0. The van der Waals surface area contributed by atoms with Gasteiger partial charge in [0.1, 0.15) is 0 Å². The van der Waals surface area contributed by atoms with Crippen LogP contribution in [0.2, 0.25) is 0 Å². The molecule has 0 aliphatic rings. The molecule has 5 heteroatoms. The molecule has 0 fully saturated rings. The highest BCUT2D eigenvalue weighted by Gasteiger charge is 1.96. The fraction of sp³-hybridized carbons (Fsp3) is 0.222. The third-order valence-corrected chi connectivity index (χ3v) is 1.73. The summed E-state index contributed by atoms with van der Waals surface area (Å²) >= 11 is 0. The average molecular weight is 216 g/mol. The Labute approximate surface area is 89.2 Å². The normalized spacial score (nSPS) is 10.5. The van der Waals surface area contributed by atoms with Crippen LogP contribution < -0.4 is 11.1 Å². The quantitative estimate of drug-likeness (QED) is 0.310. The summed E-state index contributed by atoms with van der Waals surface area (Å²) in [5.74, 6) is 0.170. The Bertz CT molecular complexity index is 315. The molecule has 4 nitrogen and oxygen atoms in total. The van der Waals surface area contributed by atoms with Crippen molar-refractivity contribution >= 4 is 23.9 Å². The SMILES string of the molecule is Cc1ccccc1NCC(N)=NO.Cl. The summed E-state index contributed by atoms with van der Waals surface area (Å²) < 4.78 is 0. The van der Waals surface area contributed by atoms with E-state index in [1.165, 1.54) is 0 Å². The molecule has 0 unspecified atom stereocenters. The molecule has 4 N–H and O–H groups in total. The van der Waals surface area contributed by atoms with Gasteiger partial charge in [0.05, 0.1) is 6.54 Å². The van der Waals surface area contributed by atoms with Crippen molar-refractivity contribution in [3.63, 3.8) is 0 Å². The first kappa shape index (κ1) is 12.6. The predicted octanol–water partition coefficient (Wildman–Crippen LogP) is 1.58. The number of nitrogens with one attached hydrogen (secondary N) is 1. The lowest BCUT2D eigenvalue weighted by Crippen LogP contribution is -2.22. The molecular formula is C9H14ClN3O. The Morgan fingerprint density at radius 3 is 2.71 bits per heavy atom. The zero-order valence-corrected chi connectivity index (χ0v) is 8.71. The molecule has 0 saturated carbocycles. The summed E-state index contributed by atoms with van der Waals surface area (Å²) in [6.45, 7) is 2.34. The van der Waals surface area contributed by atoms with Crippen molar-refractivity contribution in [3.05, 3.63) is 29.8 Å². The van der Waals surface area contributed by atoms with Gasteiger partial charge >= 0.3 is 0 Å². The van der Waals surface area contributed by atoms with E-state index in [9.17, 15) is 0 Å². The number of para-hydroxylation sites is 1. The van der Waals surface area contributed by atoms with Gasteiger partial charge in [-0.25, -0.2) is 0 Å². The van der Waals surface area contributed by atoms with Gasteiger partial charge < -0.3 is 16.3 Å². The fourth-order valence-electron chi connectivity index (χ4n) is 0.992. The number of benzene rings is 1. The van der Waals surface area contributed by atoms with E-state index in [0.29, 0.717) is 6.54 Å².